The number of hydrogen-bond acceptors (Lipinski definition) is 4. The third-order valence-electron chi connectivity index (χ3n) is 3.67. The van der Waals surface area contributed by atoms with Gasteiger partial charge < -0.3 is 5.11 Å². The van der Waals surface area contributed by atoms with E-state index in [1.165, 1.54) is 22.3 Å². The molecule has 3 nitrogen and oxygen atoms in total. The number of hydrogen-bond donors (Lipinski definition) is 1. The lowest BCUT2D eigenvalue weighted by Gasteiger charge is -2.12. The summed E-state index contributed by atoms with van der Waals surface area (Å²) < 4.78 is 4.00. The second-order valence-corrected chi connectivity index (χ2v) is 5.98. The van der Waals surface area contributed by atoms with E-state index >= 15 is 0 Å². The number of aromatic nitrogens is 2. The minimum Gasteiger partial charge on any atom is -0.387 e. The van der Waals surface area contributed by atoms with Gasteiger partial charge in [0.2, 0.25) is 0 Å². The zero-order chi connectivity index (χ0) is 14.7. The van der Waals surface area contributed by atoms with Gasteiger partial charge in [0.05, 0.1) is 16.7 Å². The van der Waals surface area contributed by atoms with E-state index in [9.17, 15) is 5.11 Å². The molecule has 0 radical (unpaired) electrons. The smallest absolute Gasteiger partial charge is 0.0957 e. The molecule has 0 amide bonds. The number of aliphatic hydroxyl groups is 1. The Morgan fingerprint density at radius 1 is 1.14 bits per heavy atom. The van der Waals surface area contributed by atoms with E-state index in [-0.39, 0.29) is 0 Å². The van der Waals surface area contributed by atoms with Gasteiger partial charge in [-0.15, -0.1) is 5.10 Å². The fourth-order valence-corrected chi connectivity index (χ4v) is 3.33. The lowest BCUT2D eigenvalue weighted by Crippen LogP contribution is -2.03. The maximum Gasteiger partial charge on any atom is 0.0957 e. The van der Waals surface area contributed by atoms with E-state index in [1.807, 2.05) is 18.2 Å². The van der Waals surface area contributed by atoms with Crippen LogP contribution in [0, 0.1) is 0 Å². The molecule has 0 aliphatic rings. The van der Waals surface area contributed by atoms with Crippen molar-refractivity contribution in [2.75, 3.05) is 0 Å². The summed E-state index contributed by atoms with van der Waals surface area (Å²) in [5.41, 5.74) is 2.10. The molecule has 21 heavy (non-hydrogen) atoms. The summed E-state index contributed by atoms with van der Waals surface area (Å²) in [7, 11) is 0. The van der Waals surface area contributed by atoms with E-state index < -0.39 is 6.10 Å². The molecule has 2 aromatic carbocycles. The van der Waals surface area contributed by atoms with Crippen LogP contribution in [0.2, 0.25) is 0 Å². The summed E-state index contributed by atoms with van der Waals surface area (Å²) >= 11 is 1.31. The van der Waals surface area contributed by atoms with Gasteiger partial charge in [-0.2, -0.15) is 0 Å². The van der Waals surface area contributed by atoms with Gasteiger partial charge in [0, 0.05) is 6.42 Å². The van der Waals surface area contributed by atoms with E-state index in [4.69, 9.17) is 0 Å². The minimum atomic E-state index is -0.530. The van der Waals surface area contributed by atoms with Crippen LogP contribution in [-0.4, -0.2) is 14.7 Å². The van der Waals surface area contributed by atoms with Gasteiger partial charge in [0.25, 0.3) is 0 Å². The van der Waals surface area contributed by atoms with Crippen molar-refractivity contribution in [1.29, 1.82) is 0 Å². The second kappa shape index (κ2) is 6.33. The Hall–Kier alpha value is -1.78. The van der Waals surface area contributed by atoms with Crippen molar-refractivity contribution in [3.8, 4) is 0 Å². The molecule has 0 aliphatic carbocycles. The first-order chi connectivity index (χ1) is 10.3. The van der Waals surface area contributed by atoms with E-state index in [0.717, 1.165) is 29.0 Å². The van der Waals surface area contributed by atoms with Gasteiger partial charge >= 0.3 is 0 Å². The van der Waals surface area contributed by atoms with Gasteiger partial charge in [-0.3, -0.25) is 0 Å². The molecule has 0 bridgehead atoms. The molecule has 1 unspecified atom stereocenters. The van der Waals surface area contributed by atoms with Gasteiger partial charge in [0.15, 0.2) is 0 Å². The molecule has 0 aliphatic heterocycles. The Bertz CT molecular complexity index is 733. The molecular weight excluding hydrogens is 280 g/mol. The van der Waals surface area contributed by atoms with Crippen molar-refractivity contribution in [3.05, 3.63) is 58.6 Å². The average Bonchev–Trinajstić information content (AvgIpc) is 2.96. The predicted molar refractivity (Wildman–Crippen MR) is 86.5 cm³/mol. The van der Waals surface area contributed by atoms with Crippen LogP contribution in [0.3, 0.4) is 0 Å². The Morgan fingerprint density at radius 3 is 2.81 bits per heavy atom. The van der Waals surface area contributed by atoms with E-state index in [2.05, 4.69) is 40.8 Å². The zero-order valence-electron chi connectivity index (χ0n) is 12.0. The fraction of sp³-hybridized carbons (Fsp3) is 0.294. The summed E-state index contributed by atoms with van der Waals surface area (Å²) in [5.74, 6) is 0. The summed E-state index contributed by atoms with van der Waals surface area (Å²) in [4.78, 5) is 0.907. The largest absolute Gasteiger partial charge is 0.387 e. The van der Waals surface area contributed by atoms with E-state index in [0.29, 0.717) is 6.42 Å². The molecule has 0 fully saturated rings. The Balaban J connectivity index is 1.89. The standard InChI is InChI=1S/C17H18N2OS/c1-2-6-15-17(21-19-18-15)16(20)11-13-9-5-8-12-7-3-4-10-14(12)13/h3-5,7-10,16,20H,2,6,11H2,1H3. The van der Waals surface area contributed by atoms with Gasteiger partial charge in [-0.1, -0.05) is 60.3 Å². The maximum atomic E-state index is 10.6. The molecular formula is C17H18N2OS. The van der Waals surface area contributed by atoms with Crippen molar-refractivity contribution in [2.24, 2.45) is 0 Å². The van der Waals surface area contributed by atoms with Crippen LogP contribution in [0.4, 0.5) is 0 Å². The van der Waals surface area contributed by atoms with Crippen LogP contribution >= 0.6 is 11.5 Å². The highest BCUT2D eigenvalue weighted by molar-refractivity contribution is 7.05. The highest BCUT2D eigenvalue weighted by atomic mass is 32.1. The number of benzene rings is 2. The molecule has 1 aromatic heterocycles. The van der Waals surface area contributed by atoms with Crippen LogP contribution in [0.15, 0.2) is 42.5 Å². The van der Waals surface area contributed by atoms with Gasteiger partial charge in [0.1, 0.15) is 0 Å². The highest BCUT2D eigenvalue weighted by Crippen LogP contribution is 2.28. The molecule has 1 atom stereocenters. The molecule has 0 saturated heterocycles. The van der Waals surface area contributed by atoms with Crippen LogP contribution in [0.5, 0.6) is 0 Å². The normalized spacial score (nSPS) is 12.7. The first-order valence-corrected chi connectivity index (χ1v) is 8.02. The lowest BCUT2D eigenvalue weighted by molar-refractivity contribution is 0.181. The van der Waals surface area contributed by atoms with E-state index in [1.54, 1.807) is 0 Å². The van der Waals surface area contributed by atoms with Crippen molar-refractivity contribution in [3.63, 3.8) is 0 Å². The molecule has 108 valence electrons. The van der Waals surface area contributed by atoms with Crippen LogP contribution in [-0.2, 0) is 12.8 Å². The average molecular weight is 298 g/mol. The maximum absolute atomic E-state index is 10.6. The number of aliphatic hydroxyl groups excluding tert-OH is 1. The van der Waals surface area contributed by atoms with Crippen molar-refractivity contribution < 1.29 is 5.11 Å². The first-order valence-electron chi connectivity index (χ1n) is 7.25. The predicted octanol–water partition coefficient (Wildman–Crippen LogP) is 3.92. The highest BCUT2D eigenvalue weighted by Gasteiger charge is 2.17. The summed E-state index contributed by atoms with van der Waals surface area (Å²) in [6, 6.07) is 14.5. The topological polar surface area (TPSA) is 46.0 Å². The number of aryl methyl sites for hydroxylation is 1. The summed E-state index contributed by atoms with van der Waals surface area (Å²) in [6.07, 6.45) is 1.96. The molecule has 3 aromatic rings. The first kappa shape index (κ1) is 14.2. The Labute approximate surface area is 128 Å². The lowest BCUT2D eigenvalue weighted by atomic mass is 9.98. The second-order valence-electron chi connectivity index (χ2n) is 5.19. The van der Waals surface area contributed by atoms with Gasteiger partial charge in [-0.05, 0) is 34.3 Å². The Kier molecular flexibility index (Phi) is 4.27. The fourth-order valence-electron chi connectivity index (χ4n) is 2.65. The Morgan fingerprint density at radius 2 is 1.95 bits per heavy atom. The third kappa shape index (κ3) is 2.96. The molecule has 0 spiro atoms. The number of rotatable bonds is 5. The van der Waals surface area contributed by atoms with Crippen molar-refractivity contribution in [1.82, 2.24) is 9.59 Å². The molecule has 0 saturated carbocycles. The molecule has 1 N–H and O–H groups in total. The minimum absolute atomic E-state index is 0.530. The molecule has 4 heteroatoms. The molecule has 3 rings (SSSR count). The van der Waals surface area contributed by atoms with Crippen LogP contribution in [0.1, 0.15) is 35.6 Å². The monoisotopic (exact) mass is 298 g/mol. The SMILES string of the molecule is CCCc1nnsc1C(O)Cc1cccc2ccccc12. The third-order valence-corrected chi connectivity index (χ3v) is 4.54. The van der Waals surface area contributed by atoms with Crippen LogP contribution in [0.25, 0.3) is 10.8 Å². The quantitative estimate of drug-likeness (QED) is 0.776. The summed E-state index contributed by atoms with van der Waals surface area (Å²) in [5, 5.41) is 17.1. The number of nitrogens with zero attached hydrogens (tertiary/aromatic N) is 2. The van der Waals surface area contributed by atoms with Crippen molar-refractivity contribution >= 4 is 22.3 Å². The molecule has 1 heterocycles. The summed E-state index contributed by atoms with van der Waals surface area (Å²) in [6.45, 7) is 2.11. The van der Waals surface area contributed by atoms with Crippen molar-refractivity contribution in [2.45, 2.75) is 32.3 Å². The number of fused-ring (bicyclic) bond motifs is 1. The van der Waals surface area contributed by atoms with Gasteiger partial charge in [-0.25, -0.2) is 0 Å². The van der Waals surface area contributed by atoms with Crippen LogP contribution < -0.4 is 0 Å². The zero-order valence-corrected chi connectivity index (χ0v) is 12.8.